The molecule has 0 rings (SSSR count). The van der Waals surface area contributed by atoms with Gasteiger partial charge in [0.25, 0.3) is 0 Å². The first kappa shape index (κ1) is 9.48. The highest BCUT2D eigenvalue weighted by molar-refractivity contribution is 5.26. The van der Waals surface area contributed by atoms with Gasteiger partial charge in [-0.3, -0.25) is 0 Å². The quantitative estimate of drug-likeness (QED) is 0.512. The fourth-order valence-corrected chi connectivity index (χ4v) is 0.859. The maximum Gasteiger partial charge on any atom is -0.0285 e. The standard InChI is InChI=1S/C10H18/c1-6-9(4)10(5)7-8(2)3/h6-8H,1-5H3/b9-6+,10-7+. The zero-order chi connectivity index (χ0) is 8.15. The van der Waals surface area contributed by atoms with Gasteiger partial charge in [0.1, 0.15) is 0 Å². The highest BCUT2D eigenvalue weighted by Crippen LogP contribution is 2.10. The molecule has 0 aromatic carbocycles. The molecule has 0 amide bonds. The highest BCUT2D eigenvalue weighted by Gasteiger charge is 1.92. The number of allylic oxidation sites excluding steroid dienone is 4. The molecule has 0 radical (unpaired) electrons. The Balaban J connectivity index is 4.20. The van der Waals surface area contributed by atoms with Crippen LogP contribution in [0.2, 0.25) is 0 Å². The molecule has 0 atom stereocenters. The Kier molecular flexibility index (Phi) is 4.10. The van der Waals surface area contributed by atoms with Gasteiger partial charge in [0, 0.05) is 0 Å². The molecule has 0 aliphatic carbocycles. The topological polar surface area (TPSA) is 0 Å². The van der Waals surface area contributed by atoms with Crippen molar-refractivity contribution < 1.29 is 0 Å². The Labute approximate surface area is 64.6 Å². The van der Waals surface area contributed by atoms with Gasteiger partial charge in [-0.1, -0.05) is 37.1 Å². The molecule has 0 unspecified atom stereocenters. The SMILES string of the molecule is C/C=C(C)/C(C)=C/C(C)C. The molecule has 0 heterocycles. The Bertz CT molecular complexity index is 147. The van der Waals surface area contributed by atoms with Gasteiger partial charge in [0.15, 0.2) is 0 Å². The molecule has 0 aromatic rings. The van der Waals surface area contributed by atoms with Crippen molar-refractivity contribution in [2.75, 3.05) is 0 Å². The van der Waals surface area contributed by atoms with Gasteiger partial charge in [-0.05, 0) is 26.7 Å². The summed E-state index contributed by atoms with van der Waals surface area (Å²) in [5.41, 5.74) is 2.78. The Morgan fingerprint density at radius 2 is 1.60 bits per heavy atom. The Morgan fingerprint density at radius 3 is 1.90 bits per heavy atom. The third-order valence-electron chi connectivity index (χ3n) is 1.64. The van der Waals surface area contributed by atoms with E-state index < -0.39 is 0 Å². The van der Waals surface area contributed by atoms with E-state index >= 15 is 0 Å². The van der Waals surface area contributed by atoms with E-state index in [0.717, 1.165) is 0 Å². The molecule has 0 saturated carbocycles. The third kappa shape index (κ3) is 3.49. The Morgan fingerprint density at radius 1 is 1.10 bits per heavy atom. The molecule has 0 aliphatic rings. The predicted molar refractivity (Wildman–Crippen MR) is 48.0 cm³/mol. The van der Waals surface area contributed by atoms with Crippen LogP contribution in [0.1, 0.15) is 34.6 Å². The maximum absolute atomic E-state index is 2.29. The molecule has 58 valence electrons. The van der Waals surface area contributed by atoms with Crippen molar-refractivity contribution in [1.29, 1.82) is 0 Å². The monoisotopic (exact) mass is 138 g/mol. The van der Waals surface area contributed by atoms with E-state index in [-0.39, 0.29) is 0 Å². The molecule has 0 spiro atoms. The van der Waals surface area contributed by atoms with Crippen LogP contribution >= 0.6 is 0 Å². The molecule has 0 N–H and O–H groups in total. The minimum absolute atomic E-state index is 0.662. The van der Waals surface area contributed by atoms with Gasteiger partial charge in [-0.25, -0.2) is 0 Å². The fourth-order valence-electron chi connectivity index (χ4n) is 0.859. The molecular weight excluding hydrogens is 120 g/mol. The van der Waals surface area contributed by atoms with Gasteiger partial charge in [0.2, 0.25) is 0 Å². The largest absolute Gasteiger partial charge is 0.0845 e. The molecule has 0 aliphatic heterocycles. The minimum Gasteiger partial charge on any atom is -0.0845 e. The summed E-state index contributed by atoms with van der Waals surface area (Å²) >= 11 is 0. The first-order chi connectivity index (χ1) is 4.57. The molecule has 0 bridgehead atoms. The van der Waals surface area contributed by atoms with E-state index in [4.69, 9.17) is 0 Å². The van der Waals surface area contributed by atoms with E-state index in [0.29, 0.717) is 5.92 Å². The summed E-state index contributed by atoms with van der Waals surface area (Å²) in [4.78, 5) is 0. The summed E-state index contributed by atoms with van der Waals surface area (Å²) in [6.45, 7) is 10.8. The molecule has 10 heavy (non-hydrogen) atoms. The van der Waals surface area contributed by atoms with Crippen molar-refractivity contribution in [1.82, 2.24) is 0 Å². The van der Waals surface area contributed by atoms with Crippen LogP contribution < -0.4 is 0 Å². The van der Waals surface area contributed by atoms with Crippen LogP contribution in [0.3, 0.4) is 0 Å². The van der Waals surface area contributed by atoms with Crippen LogP contribution in [0.5, 0.6) is 0 Å². The van der Waals surface area contributed by atoms with Crippen molar-refractivity contribution >= 4 is 0 Å². The number of rotatable bonds is 2. The van der Waals surface area contributed by atoms with E-state index in [9.17, 15) is 0 Å². The van der Waals surface area contributed by atoms with Crippen LogP contribution in [0.25, 0.3) is 0 Å². The summed E-state index contributed by atoms with van der Waals surface area (Å²) in [6.07, 6.45) is 4.43. The van der Waals surface area contributed by atoms with Crippen LogP contribution in [-0.2, 0) is 0 Å². The van der Waals surface area contributed by atoms with Crippen molar-refractivity contribution in [3.63, 3.8) is 0 Å². The minimum atomic E-state index is 0.662. The lowest BCUT2D eigenvalue weighted by molar-refractivity contribution is 0.823. The van der Waals surface area contributed by atoms with Crippen LogP contribution in [0.15, 0.2) is 23.3 Å². The number of hydrogen-bond acceptors (Lipinski definition) is 0. The smallest absolute Gasteiger partial charge is 0.0285 e. The molecule has 0 saturated heterocycles. The summed E-state index contributed by atoms with van der Waals surface area (Å²) in [5, 5.41) is 0. The average Bonchev–Trinajstić information content (AvgIpc) is 1.85. The second-order valence-electron chi connectivity index (χ2n) is 3.07. The Hall–Kier alpha value is -0.520. The second-order valence-corrected chi connectivity index (χ2v) is 3.07. The van der Waals surface area contributed by atoms with Crippen molar-refractivity contribution in [2.45, 2.75) is 34.6 Å². The van der Waals surface area contributed by atoms with Crippen LogP contribution in [0.4, 0.5) is 0 Å². The molecular formula is C10H18. The highest BCUT2D eigenvalue weighted by atomic mass is 14.0. The van der Waals surface area contributed by atoms with E-state index in [1.165, 1.54) is 11.1 Å². The first-order valence-electron chi connectivity index (χ1n) is 3.89. The maximum atomic E-state index is 2.29. The van der Waals surface area contributed by atoms with Crippen LogP contribution in [0, 0.1) is 5.92 Å². The molecule has 0 heteroatoms. The van der Waals surface area contributed by atoms with Gasteiger partial charge in [-0.15, -0.1) is 0 Å². The van der Waals surface area contributed by atoms with Gasteiger partial charge in [0.05, 0.1) is 0 Å². The van der Waals surface area contributed by atoms with Crippen molar-refractivity contribution in [3.05, 3.63) is 23.3 Å². The van der Waals surface area contributed by atoms with Crippen molar-refractivity contribution in [2.24, 2.45) is 5.92 Å². The third-order valence-corrected chi connectivity index (χ3v) is 1.64. The predicted octanol–water partition coefficient (Wildman–Crippen LogP) is 3.55. The molecule has 0 nitrogen and oxygen atoms in total. The zero-order valence-corrected chi connectivity index (χ0v) is 7.73. The van der Waals surface area contributed by atoms with E-state index in [2.05, 4.69) is 46.8 Å². The lowest BCUT2D eigenvalue weighted by Crippen LogP contribution is -1.84. The van der Waals surface area contributed by atoms with E-state index in [1.54, 1.807) is 0 Å². The summed E-state index contributed by atoms with van der Waals surface area (Å²) < 4.78 is 0. The number of hydrogen-bond donors (Lipinski definition) is 0. The first-order valence-corrected chi connectivity index (χ1v) is 3.89. The summed E-state index contributed by atoms with van der Waals surface area (Å²) in [6, 6.07) is 0. The summed E-state index contributed by atoms with van der Waals surface area (Å²) in [5.74, 6) is 0.662. The second kappa shape index (κ2) is 4.32. The zero-order valence-electron chi connectivity index (χ0n) is 7.73. The van der Waals surface area contributed by atoms with Gasteiger partial charge >= 0.3 is 0 Å². The fraction of sp³-hybridized carbons (Fsp3) is 0.600. The average molecular weight is 138 g/mol. The van der Waals surface area contributed by atoms with Gasteiger partial charge in [-0.2, -0.15) is 0 Å². The molecule has 0 aromatic heterocycles. The normalized spacial score (nSPS) is 14.6. The lowest BCUT2D eigenvalue weighted by Gasteiger charge is -2.02. The van der Waals surface area contributed by atoms with E-state index in [1.807, 2.05) is 0 Å². The van der Waals surface area contributed by atoms with Crippen molar-refractivity contribution in [3.8, 4) is 0 Å². The van der Waals surface area contributed by atoms with Gasteiger partial charge < -0.3 is 0 Å². The molecule has 0 fully saturated rings. The summed E-state index contributed by atoms with van der Waals surface area (Å²) in [7, 11) is 0. The van der Waals surface area contributed by atoms with Crippen LogP contribution in [-0.4, -0.2) is 0 Å². The lowest BCUT2D eigenvalue weighted by atomic mass is 10.0.